The summed E-state index contributed by atoms with van der Waals surface area (Å²) in [6, 6.07) is 7.69. The van der Waals surface area contributed by atoms with Crippen molar-refractivity contribution < 1.29 is 27.8 Å². The van der Waals surface area contributed by atoms with Crippen molar-refractivity contribution >= 4 is 11.8 Å². The lowest BCUT2D eigenvalue weighted by Crippen LogP contribution is -2.33. The van der Waals surface area contributed by atoms with Crippen LogP contribution in [0.25, 0.3) is 0 Å². The molecule has 6 nitrogen and oxygen atoms in total. The number of ether oxygens (including phenoxy) is 1. The molecule has 1 aromatic heterocycles. The van der Waals surface area contributed by atoms with Crippen molar-refractivity contribution in [2.75, 3.05) is 31.6 Å². The minimum atomic E-state index is -4.45. The molecule has 0 amide bonds. The van der Waals surface area contributed by atoms with Crippen LogP contribution in [0.15, 0.2) is 36.4 Å². The van der Waals surface area contributed by atoms with Crippen LogP contribution in [0.3, 0.4) is 0 Å². The van der Waals surface area contributed by atoms with E-state index in [9.17, 15) is 23.1 Å². The number of aromatic nitrogens is 1. The van der Waals surface area contributed by atoms with Gasteiger partial charge < -0.3 is 15.2 Å². The summed E-state index contributed by atoms with van der Waals surface area (Å²) in [6.45, 7) is 2.57. The Morgan fingerprint density at radius 1 is 1.17 bits per heavy atom. The Bertz CT molecular complexity index is 998. The number of rotatable bonds is 10. The molecule has 190 valence electrons. The number of aliphatic carboxylic acids is 1. The minimum Gasteiger partial charge on any atom is -0.480 e. The number of nitrogens with one attached hydrogen (secondary N) is 1. The zero-order chi connectivity index (χ0) is 24.8. The summed E-state index contributed by atoms with van der Waals surface area (Å²) in [6.07, 6.45) is 2.32. The van der Waals surface area contributed by atoms with Gasteiger partial charge in [-0.25, -0.2) is 4.98 Å². The van der Waals surface area contributed by atoms with Gasteiger partial charge in [0.1, 0.15) is 11.9 Å². The van der Waals surface area contributed by atoms with E-state index in [1.807, 2.05) is 0 Å². The molecule has 2 N–H and O–H groups in total. The first kappa shape index (κ1) is 25.4. The van der Waals surface area contributed by atoms with Gasteiger partial charge in [-0.15, -0.1) is 0 Å². The molecule has 1 saturated heterocycles. The number of hydrogen-bond donors (Lipinski definition) is 2. The summed E-state index contributed by atoms with van der Waals surface area (Å²) in [4.78, 5) is 18.4. The number of fused-ring (bicyclic) bond motifs is 1. The molecule has 9 heteroatoms. The number of hydrogen-bond acceptors (Lipinski definition) is 5. The summed E-state index contributed by atoms with van der Waals surface area (Å²) < 4.78 is 44.5. The van der Waals surface area contributed by atoms with Gasteiger partial charge in [0.2, 0.25) is 0 Å². The predicted molar refractivity (Wildman–Crippen MR) is 126 cm³/mol. The topological polar surface area (TPSA) is 74.7 Å². The maximum atomic E-state index is 12.8. The number of anilines is 1. The Labute approximate surface area is 203 Å². The summed E-state index contributed by atoms with van der Waals surface area (Å²) in [5.74, 6) is -0.0461. The number of likely N-dealkylation sites (tertiary alicyclic amines) is 1. The second-order valence-corrected chi connectivity index (χ2v) is 9.29. The van der Waals surface area contributed by atoms with Crippen LogP contribution in [0.2, 0.25) is 0 Å². The Morgan fingerprint density at radius 2 is 1.97 bits per heavy atom. The van der Waals surface area contributed by atoms with E-state index in [-0.39, 0.29) is 6.10 Å². The molecule has 2 aromatic rings. The van der Waals surface area contributed by atoms with Gasteiger partial charge >= 0.3 is 12.1 Å². The summed E-state index contributed by atoms with van der Waals surface area (Å²) in [5, 5.41) is 13.1. The molecule has 0 radical (unpaired) electrons. The Kier molecular flexibility index (Phi) is 8.28. The maximum absolute atomic E-state index is 12.8. The molecule has 2 atom stereocenters. The highest BCUT2D eigenvalue weighted by Crippen LogP contribution is 2.32. The molecule has 0 unspecified atom stereocenters. The molecule has 0 bridgehead atoms. The van der Waals surface area contributed by atoms with Crippen molar-refractivity contribution in [2.24, 2.45) is 0 Å². The number of carboxylic acid groups (broad SMARTS) is 1. The number of aryl methyl sites for hydroxylation is 2. The Balaban J connectivity index is 1.18. The standard InChI is InChI=1S/C26H32F3N3O3/c27-26(28,29)20-10-7-18(8-11-20)23(25(33)34)32-15-13-22(17-32)35-16-3-1-2-6-21-12-9-19-5-4-14-30-24(19)31-21/h7-12,22-23H,1-6,13-17H2,(H,30,31)(H,33,34)/t22-,23+/m1/s1. The number of benzene rings is 1. The lowest BCUT2D eigenvalue weighted by atomic mass is 10.0. The summed E-state index contributed by atoms with van der Waals surface area (Å²) >= 11 is 0. The zero-order valence-corrected chi connectivity index (χ0v) is 19.7. The molecule has 0 spiro atoms. The molecule has 3 heterocycles. The van der Waals surface area contributed by atoms with Crippen molar-refractivity contribution in [3.05, 3.63) is 58.8 Å². The Hall–Kier alpha value is -2.65. The monoisotopic (exact) mass is 491 g/mol. The average molecular weight is 492 g/mol. The first-order valence-electron chi connectivity index (χ1n) is 12.3. The predicted octanol–water partition coefficient (Wildman–Crippen LogP) is 5.09. The fourth-order valence-electron chi connectivity index (χ4n) is 4.83. The molecule has 1 fully saturated rings. The fraction of sp³-hybridized carbons (Fsp3) is 0.538. The number of alkyl halides is 3. The quantitative estimate of drug-likeness (QED) is 0.451. The number of nitrogens with zero attached hydrogens (tertiary/aromatic N) is 2. The highest BCUT2D eigenvalue weighted by Gasteiger charge is 2.35. The normalized spacial score (nSPS) is 19.2. The van der Waals surface area contributed by atoms with Crippen LogP contribution in [0.1, 0.15) is 60.5 Å². The molecular formula is C26H32F3N3O3. The minimum absolute atomic E-state index is 0.0697. The van der Waals surface area contributed by atoms with E-state index >= 15 is 0 Å². The highest BCUT2D eigenvalue weighted by atomic mass is 19.4. The summed E-state index contributed by atoms with van der Waals surface area (Å²) in [7, 11) is 0. The molecule has 35 heavy (non-hydrogen) atoms. The third kappa shape index (κ3) is 6.73. The van der Waals surface area contributed by atoms with Gasteiger partial charge in [-0.3, -0.25) is 9.69 Å². The van der Waals surface area contributed by atoms with Crippen molar-refractivity contribution in [3.63, 3.8) is 0 Å². The van der Waals surface area contributed by atoms with Crippen molar-refractivity contribution in [1.29, 1.82) is 0 Å². The van der Waals surface area contributed by atoms with Crippen LogP contribution in [0.5, 0.6) is 0 Å². The SMILES string of the molecule is O=C(O)[C@H](c1ccc(C(F)(F)F)cc1)N1CC[C@@H](OCCCCCc2ccc3c(n2)NCCC3)C1. The average Bonchev–Trinajstić information content (AvgIpc) is 3.29. The fourth-order valence-corrected chi connectivity index (χ4v) is 4.83. The molecule has 0 saturated carbocycles. The van der Waals surface area contributed by atoms with E-state index in [0.29, 0.717) is 31.7 Å². The number of halogens is 3. The van der Waals surface area contributed by atoms with E-state index in [2.05, 4.69) is 17.4 Å². The van der Waals surface area contributed by atoms with E-state index in [1.54, 1.807) is 4.90 Å². The van der Waals surface area contributed by atoms with Gasteiger partial charge in [0.25, 0.3) is 0 Å². The smallest absolute Gasteiger partial charge is 0.416 e. The number of carbonyl (C=O) groups is 1. The molecule has 0 aliphatic carbocycles. The van der Waals surface area contributed by atoms with Gasteiger partial charge in [-0.2, -0.15) is 13.2 Å². The molecular weight excluding hydrogens is 459 g/mol. The second-order valence-electron chi connectivity index (χ2n) is 9.29. The molecule has 2 aliphatic heterocycles. The zero-order valence-electron chi connectivity index (χ0n) is 19.7. The first-order valence-corrected chi connectivity index (χ1v) is 12.3. The van der Waals surface area contributed by atoms with Gasteiger partial charge in [-0.1, -0.05) is 24.6 Å². The van der Waals surface area contributed by atoms with Crippen LogP contribution in [0, 0.1) is 0 Å². The van der Waals surface area contributed by atoms with Crippen LogP contribution in [-0.4, -0.2) is 53.3 Å². The first-order chi connectivity index (χ1) is 16.8. The van der Waals surface area contributed by atoms with E-state index in [4.69, 9.17) is 9.72 Å². The van der Waals surface area contributed by atoms with Crippen LogP contribution in [-0.2, 0) is 28.5 Å². The van der Waals surface area contributed by atoms with Crippen molar-refractivity contribution in [1.82, 2.24) is 9.88 Å². The van der Waals surface area contributed by atoms with Crippen molar-refractivity contribution in [2.45, 2.75) is 63.3 Å². The second kappa shape index (κ2) is 11.4. The van der Waals surface area contributed by atoms with E-state index in [0.717, 1.165) is 68.7 Å². The van der Waals surface area contributed by atoms with Gasteiger partial charge in [0.05, 0.1) is 11.7 Å². The molecule has 2 aliphatic rings. The highest BCUT2D eigenvalue weighted by molar-refractivity contribution is 5.75. The van der Waals surface area contributed by atoms with Crippen LogP contribution >= 0.6 is 0 Å². The lowest BCUT2D eigenvalue weighted by Gasteiger charge is -2.25. The van der Waals surface area contributed by atoms with Crippen LogP contribution in [0.4, 0.5) is 19.0 Å². The largest absolute Gasteiger partial charge is 0.480 e. The third-order valence-corrected chi connectivity index (χ3v) is 6.71. The Morgan fingerprint density at radius 3 is 2.71 bits per heavy atom. The van der Waals surface area contributed by atoms with Crippen molar-refractivity contribution in [3.8, 4) is 0 Å². The van der Waals surface area contributed by atoms with E-state index < -0.39 is 23.8 Å². The van der Waals surface area contributed by atoms with Crippen LogP contribution < -0.4 is 5.32 Å². The summed E-state index contributed by atoms with van der Waals surface area (Å²) in [5.41, 5.74) is 1.96. The number of pyridine rings is 1. The number of unbranched alkanes of at least 4 members (excludes halogenated alkanes) is 2. The van der Waals surface area contributed by atoms with E-state index in [1.165, 1.54) is 17.7 Å². The lowest BCUT2D eigenvalue weighted by molar-refractivity contribution is -0.143. The van der Waals surface area contributed by atoms with Gasteiger partial charge in [0, 0.05) is 31.9 Å². The third-order valence-electron chi connectivity index (χ3n) is 6.71. The molecule has 4 rings (SSSR count). The van der Waals surface area contributed by atoms with Gasteiger partial charge in [0.15, 0.2) is 0 Å². The maximum Gasteiger partial charge on any atom is 0.416 e. The van der Waals surface area contributed by atoms with Gasteiger partial charge in [-0.05, 0) is 67.9 Å². The number of carboxylic acids is 1. The molecule has 1 aromatic carbocycles.